The number of rotatable bonds is 5. The van der Waals surface area contributed by atoms with Crippen molar-refractivity contribution in [2.75, 3.05) is 33.7 Å². The van der Waals surface area contributed by atoms with Crippen LogP contribution in [0.15, 0.2) is 34.1 Å². The topological polar surface area (TPSA) is 101 Å². The molecule has 2 rings (SSSR count). The van der Waals surface area contributed by atoms with Gasteiger partial charge in [0.2, 0.25) is 20.0 Å². The van der Waals surface area contributed by atoms with Gasteiger partial charge < -0.3 is 5.73 Å². The van der Waals surface area contributed by atoms with Crippen LogP contribution in [0, 0.1) is 5.92 Å². The summed E-state index contributed by atoms with van der Waals surface area (Å²) >= 11 is 0. The van der Waals surface area contributed by atoms with Crippen molar-refractivity contribution in [1.82, 2.24) is 8.61 Å². The second kappa shape index (κ2) is 7.45. The molecule has 0 spiro atoms. The summed E-state index contributed by atoms with van der Waals surface area (Å²) in [5, 5.41) is 0. The van der Waals surface area contributed by atoms with E-state index in [9.17, 15) is 16.8 Å². The zero-order chi connectivity index (χ0) is 16.5. The van der Waals surface area contributed by atoms with E-state index in [0.717, 1.165) is 4.31 Å². The van der Waals surface area contributed by atoms with E-state index >= 15 is 0 Å². The lowest BCUT2D eigenvalue weighted by Crippen LogP contribution is -2.32. The molecule has 0 aromatic heterocycles. The fraction of sp³-hybridized carbons (Fsp3) is 0.538. The lowest BCUT2D eigenvalue weighted by atomic mass is 10.1. The van der Waals surface area contributed by atoms with E-state index in [1.54, 1.807) is 0 Å². The highest BCUT2D eigenvalue weighted by Crippen LogP contribution is 2.29. The smallest absolute Gasteiger partial charge is 0.244 e. The van der Waals surface area contributed by atoms with E-state index in [-0.39, 0.29) is 28.1 Å². The number of nitrogens with zero attached hydrogens (tertiary/aromatic N) is 2. The van der Waals surface area contributed by atoms with Crippen LogP contribution >= 0.6 is 12.4 Å². The van der Waals surface area contributed by atoms with Crippen LogP contribution in [0.4, 0.5) is 0 Å². The van der Waals surface area contributed by atoms with Crippen molar-refractivity contribution in [3.63, 3.8) is 0 Å². The van der Waals surface area contributed by atoms with Gasteiger partial charge in [0.25, 0.3) is 0 Å². The van der Waals surface area contributed by atoms with Gasteiger partial charge in [-0.1, -0.05) is 12.1 Å². The van der Waals surface area contributed by atoms with Crippen molar-refractivity contribution >= 4 is 32.5 Å². The van der Waals surface area contributed by atoms with Gasteiger partial charge in [-0.3, -0.25) is 0 Å². The minimum Gasteiger partial charge on any atom is -0.330 e. The summed E-state index contributed by atoms with van der Waals surface area (Å²) in [5.41, 5.74) is 5.59. The van der Waals surface area contributed by atoms with E-state index in [2.05, 4.69) is 0 Å². The lowest BCUT2D eigenvalue weighted by Gasteiger charge is -2.20. The molecule has 2 N–H and O–H groups in total. The molecule has 0 radical (unpaired) electrons. The van der Waals surface area contributed by atoms with Crippen LogP contribution in [0.25, 0.3) is 0 Å². The fourth-order valence-electron chi connectivity index (χ4n) is 2.42. The monoisotopic (exact) mass is 383 g/mol. The average Bonchev–Trinajstić information content (AvgIpc) is 2.96. The summed E-state index contributed by atoms with van der Waals surface area (Å²) < 4.78 is 52.6. The highest BCUT2D eigenvalue weighted by molar-refractivity contribution is 7.92. The number of nitrogens with two attached hydrogens (primary N) is 1. The summed E-state index contributed by atoms with van der Waals surface area (Å²) in [6.45, 7) is 1.11. The molecule has 0 saturated carbocycles. The SMILES string of the molecule is CN(C)S(=O)(=O)c1ccccc1S(=O)(=O)N1CCC(CN)C1.Cl. The van der Waals surface area contributed by atoms with Crippen LogP contribution in [0.1, 0.15) is 6.42 Å². The lowest BCUT2D eigenvalue weighted by molar-refractivity contribution is 0.456. The first-order valence-electron chi connectivity index (χ1n) is 6.93. The molecule has 1 atom stereocenters. The Morgan fingerprint density at radius 2 is 1.74 bits per heavy atom. The number of benzene rings is 1. The number of halogens is 1. The van der Waals surface area contributed by atoms with Gasteiger partial charge in [-0.05, 0) is 31.0 Å². The molecule has 1 aliphatic heterocycles. The second-order valence-electron chi connectivity index (χ2n) is 5.49. The minimum atomic E-state index is -3.86. The Bertz CT molecular complexity index is 750. The number of hydrogen-bond acceptors (Lipinski definition) is 5. The van der Waals surface area contributed by atoms with Gasteiger partial charge in [0.15, 0.2) is 0 Å². The third-order valence-corrected chi connectivity index (χ3v) is 7.73. The number of sulfonamides is 2. The molecule has 1 fully saturated rings. The Morgan fingerprint density at radius 3 is 2.22 bits per heavy atom. The Kier molecular flexibility index (Phi) is 6.59. The molecular formula is C13H22ClN3O4S2. The summed E-state index contributed by atoms with van der Waals surface area (Å²) in [6, 6.07) is 5.69. The molecule has 7 nitrogen and oxygen atoms in total. The standard InChI is InChI=1S/C13H21N3O4S2.ClH/c1-15(2)21(17,18)12-5-3-4-6-13(12)22(19,20)16-8-7-11(9-14)10-16;/h3-6,11H,7-10,14H2,1-2H3;1H. The van der Waals surface area contributed by atoms with Gasteiger partial charge in [-0.2, -0.15) is 4.31 Å². The molecule has 1 unspecified atom stereocenters. The molecule has 1 saturated heterocycles. The van der Waals surface area contributed by atoms with Gasteiger partial charge in [0, 0.05) is 27.2 Å². The van der Waals surface area contributed by atoms with E-state index in [4.69, 9.17) is 5.73 Å². The fourth-order valence-corrected chi connectivity index (χ4v) is 5.62. The van der Waals surface area contributed by atoms with Gasteiger partial charge >= 0.3 is 0 Å². The van der Waals surface area contributed by atoms with Crippen molar-refractivity contribution in [2.24, 2.45) is 11.7 Å². The third-order valence-electron chi connectivity index (χ3n) is 3.81. The largest absolute Gasteiger partial charge is 0.330 e. The van der Waals surface area contributed by atoms with E-state index in [0.29, 0.717) is 26.1 Å². The summed E-state index contributed by atoms with van der Waals surface area (Å²) in [5.74, 6) is 0.118. The zero-order valence-electron chi connectivity index (χ0n) is 13.0. The Labute approximate surface area is 144 Å². The van der Waals surface area contributed by atoms with Crippen LogP contribution < -0.4 is 5.73 Å². The molecule has 1 aromatic carbocycles. The van der Waals surface area contributed by atoms with E-state index in [1.165, 1.54) is 42.7 Å². The second-order valence-corrected chi connectivity index (χ2v) is 9.51. The average molecular weight is 384 g/mol. The highest BCUT2D eigenvalue weighted by Gasteiger charge is 2.35. The molecule has 0 amide bonds. The summed E-state index contributed by atoms with van der Waals surface area (Å²) in [6.07, 6.45) is 0.693. The molecule has 1 aliphatic rings. The zero-order valence-corrected chi connectivity index (χ0v) is 15.5. The Hall–Kier alpha value is -0.710. The van der Waals surface area contributed by atoms with Crippen LogP contribution in [0.2, 0.25) is 0 Å². The van der Waals surface area contributed by atoms with Crippen molar-refractivity contribution in [2.45, 2.75) is 16.2 Å². The Morgan fingerprint density at radius 1 is 1.17 bits per heavy atom. The summed E-state index contributed by atoms with van der Waals surface area (Å²) in [7, 11) is -4.95. The maximum Gasteiger partial charge on any atom is 0.244 e. The summed E-state index contributed by atoms with van der Waals surface area (Å²) in [4.78, 5) is -0.377. The van der Waals surface area contributed by atoms with Crippen molar-refractivity contribution in [3.8, 4) is 0 Å². The van der Waals surface area contributed by atoms with Gasteiger partial charge in [-0.15, -0.1) is 12.4 Å². The molecule has 23 heavy (non-hydrogen) atoms. The van der Waals surface area contributed by atoms with Gasteiger partial charge in [0.1, 0.15) is 9.79 Å². The first-order chi connectivity index (χ1) is 10.2. The predicted octanol–water partition coefficient (Wildman–Crippen LogP) is 0.328. The first kappa shape index (κ1) is 20.3. The van der Waals surface area contributed by atoms with Crippen LogP contribution in [0.3, 0.4) is 0 Å². The minimum absolute atomic E-state index is 0. The van der Waals surface area contributed by atoms with Crippen LogP contribution in [-0.4, -0.2) is 59.2 Å². The highest BCUT2D eigenvalue weighted by atomic mass is 35.5. The van der Waals surface area contributed by atoms with Gasteiger partial charge in [-0.25, -0.2) is 21.1 Å². The normalized spacial score (nSPS) is 19.7. The predicted molar refractivity (Wildman–Crippen MR) is 90.5 cm³/mol. The van der Waals surface area contributed by atoms with E-state index in [1.807, 2.05) is 0 Å². The van der Waals surface area contributed by atoms with Crippen molar-refractivity contribution in [1.29, 1.82) is 0 Å². The quantitative estimate of drug-likeness (QED) is 0.789. The maximum atomic E-state index is 12.8. The van der Waals surface area contributed by atoms with Crippen molar-refractivity contribution < 1.29 is 16.8 Å². The maximum absolute atomic E-state index is 12.8. The van der Waals surface area contributed by atoms with Gasteiger partial charge in [0.05, 0.1) is 0 Å². The molecular weight excluding hydrogens is 362 g/mol. The van der Waals surface area contributed by atoms with Crippen molar-refractivity contribution in [3.05, 3.63) is 24.3 Å². The molecule has 0 aliphatic carbocycles. The molecule has 132 valence electrons. The molecule has 10 heteroatoms. The van der Waals surface area contributed by atoms with Crippen LogP contribution in [-0.2, 0) is 20.0 Å². The van der Waals surface area contributed by atoms with Crippen LogP contribution in [0.5, 0.6) is 0 Å². The third kappa shape index (κ3) is 3.86. The molecule has 0 bridgehead atoms. The molecule has 1 heterocycles. The van der Waals surface area contributed by atoms with E-state index < -0.39 is 20.0 Å². The Balaban J connectivity index is 0.00000264. The molecule has 1 aromatic rings. The number of hydrogen-bond donors (Lipinski definition) is 1. The first-order valence-corrected chi connectivity index (χ1v) is 9.81.